The molecule has 0 aliphatic heterocycles. The molecule has 0 fully saturated rings. The van der Waals surface area contributed by atoms with Crippen molar-refractivity contribution in [3.8, 4) is 0 Å². The van der Waals surface area contributed by atoms with E-state index in [-0.39, 0.29) is 0 Å². The van der Waals surface area contributed by atoms with Crippen LogP contribution in [-0.4, -0.2) is 33.3 Å². The summed E-state index contributed by atoms with van der Waals surface area (Å²) in [6, 6.07) is 9.42. The molecule has 0 amide bonds. The summed E-state index contributed by atoms with van der Waals surface area (Å²) >= 11 is 0. The molecule has 0 heterocycles. The first kappa shape index (κ1) is 92.4. The van der Waals surface area contributed by atoms with Crippen LogP contribution in [0.5, 0.6) is 0 Å². The van der Waals surface area contributed by atoms with E-state index in [1.54, 1.807) is 4.90 Å². The summed E-state index contributed by atoms with van der Waals surface area (Å²) in [5.41, 5.74) is -13.1. The fourth-order valence-corrected chi connectivity index (χ4v) is 15.5. The Bertz CT molecular complexity index is 4400. The molecule has 0 radical (unpaired) electrons. The van der Waals surface area contributed by atoms with Crippen molar-refractivity contribution in [3.63, 3.8) is 0 Å². The largest absolute Gasteiger partial charge is 0.375 e. The quantitative estimate of drug-likeness (QED) is 0.0132. The molecule has 1 atom stereocenters. The van der Waals surface area contributed by atoms with E-state index < -0.39 is 234 Å². The Hall–Kier alpha value is -8.12. The van der Waals surface area contributed by atoms with Crippen molar-refractivity contribution in [1.29, 1.82) is 0 Å². The molecule has 9 rings (SSSR count). The molecule has 0 aliphatic rings. The lowest BCUT2D eigenvalue weighted by molar-refractivity contribution is -0.810. The minimum absolute atomic E-state index is 1.18. The van der Waals surface area contributed by atoms with Gasteiger partial charge in [-0.3, -0.25) is 0 Å². The summed E-state index contributed by atoms with van der Waals surface area (Å²) in [6.07, 6.45) is 38.1. The number of anilines is 1. The van der Waals surface area contributed by atoms with Crippen LogP contribution in [-0.2, 0) is 0 Å². The van der Waals surface area contributed by atoms with Gasteiger partial charge in [0.25, 0.3) is 0 Å². The zero-order valence-electron chi connectivity index (χ0n) is 63.5. The van der Waals surface area contributed by atoms with Gasteiger partial charge in [-0.05, 0) is 31.4 Å². The average molecular weight is 1670 g/mol. The lowest BCUT2D eigenvalue weighted by Crippen LogP contribution is -3.03. The molecule has 0 saturated carbocycles. The molecule has 630 valence electrons. The smallest absolute Gasteiger partial charge is 0.198 e. The van der Waals surface area contributed by atoms with E-state index in [0.29, 0.717) is 0 Å². The fourth-order valence-electron chi connectivity index (χ4n) is 15.5. The predicted octanol–water partition coefficient (Wildman–Crippen LogP) is 25.4. The average Bonchev–Trinajstić information content (AvgIpc) is 0.668. The highest BCUT2D eigenvalue weighted by molar-refractivity contribution is 7.20. The zero-order chi connectivity index (χ0) is 84.8. The van der Waals surface area contributed by atoms with Gasteiger partial charge in [-0.2, -0.15) is 0 Å². The Morgan fingerprint density at radius 2 is 0.391 bits per heavy atom. The molecular weight excluding hydrogens is 1580 g/mol. The molecule has 0 spiro atoms. The number of fused-ring (bicyclic) bond motifs is 4. The molecule has 0 saturated heterocycles. The summed E-state index contributed by atoms with van der Waals surface area (Å²) in [6.45, 7) is 7.05. The molecular formula is C84H85BF28N2. The predicted molar refractivity (Wildman–Crippen MR) is 389 cm³/mol. The second-order valence-electron chi connectivity index (χ2n) is 29.4. The van der Waals surface area contributed by atoms with E-state index >= 15 is 87.8 Å². The van der Waals surface area contributed by atoms with E-state index in [1.165, 1.54) is 230 Å². The third-order valence-electron chi connectivity index (χ3n) is 21.8. The third kappa shape index (κ3) is 18.9. The summed E-state index contributed by atoms with van der Waals surface area (Å²) < 4.78 is 442. The van der Waals surface area contributed by atoms with Crippen LogP contribution in [0.15, 0.2) is 24.3 Å². The molecule has 2 nitrogen and oxygen atoms in total. The standard InChI is InChI=1S/C44H84N2.C40BF28/c1-5-7-9-11-13-15-17-19-21-23-25-27-29-31-33-35-41-45(3)43-37-39-44(40-38-43)46(4)42-36-34-32-30-28-26-24-22-20-18-16-14-12-10-8-6-2;42-13-1-5(25(54)37(66)33(62)21(1)50)17(46)29(58)9(13)41(10-14(43)2-6(18(47)30(10)59)26(55)38(67)34(63)22(2)51,11-15(44)3-7(19(48)31(11)60)27(56)39(68)35(64)23(3)52)12-16(45)4-8(20(49)32(12)61)28(57)40(69)36(65)24(4)53/h37-40H,5-36,41-42H2,1-4H3;/q;-1/p+1. The van der Waals surface area contributed by atoms with Gasteiger partial charge >= 0.3 is 0 Å². The molecule has 9 aromatic rings. The second kappa shape index (κ2) is 41.3. The maximum atomic E-state index is 17.4. The number of halogens is 28. The number of quaternary nitrogens is 1. The Morgan fingerprint density at radius 1 is 0.217 bits per heavy atom. The Morgan fingerprint density at radius 3 is 0.600 bits per heavy atom. The normalized spacial score (nSPS) is 12.3. The number of nitrogens with zero attached hydrogens (tertiary/aromatic N) is 1. The zero-order valence-corrected chi connectivity index (χ0v) is 63.5. The SMILES string of the molecule is CCCCCCCCCCCCCCCCCCN(C)c1ccc([NH+](C)CCCCCCCCCCCCCCCCCC)cc1.Fc1c(F)c(F)c2c(F)c([B-](c3c(F)c(F)c4c(F)c(F)c(F)c(F)c4c3F)(c3c(F)c(F)c4c(F)c(F)c(F)c(F)c4c3F)c3c(F)c(F)c4c(F)c(F)c(F)c(F)c4c3F)c(F)c(F)c2c1F. The minimum atomic E-state index is -7.99. The van der Waals surface area contributed by atoms with Crippen LogP contribution in [0.1, 0.15) is 219 Å². The molecule has 31 heteroatoms. The van der Waals surface area contributed by atoms with E-state index in [4.69, 9.17) is 0 Å². The van der Waals surface area contributed by atoms with Gasteiger partial charge in [0.15, 0.2) is 116 Å². The number of rotatable bonds is 40. The lowest BCUT2D eigenvalue weighted by Gasteiger charge is -2.45. The third-order valence-corrected chi connectivity index (χ3v) is 21.8. The molecule has 9 aromatic carbocycles. The van der Waals surface area contributed by atoms with Crippen molar-refractivity contribution < 1.29 is 128 Å². The van der Waals surface area contributed by atoms with Gasteiger partial charge in [-0.15, -0.1) is 21.9 Å². The van der Waals surface area contributed by atoms with Crippen LogP contribution in [0, 0.1) is 163 Å². The lowest BCUT2D eigenvalue weighted by atomic mass is 9.12. The van der Waals surface area contributed by atoms with Crippen molar-refractivity contribution >= 4 is 82.5 Å². The summed E-state index contributed by atoms with van der Waals surface area (Å²) in [4.78, 5) is 4.02. The Labute approximate surface area is 646 Å². The van der Waals surface area contributed by atoms with E-state index in [9.17, 15) is 35.1 Å². The first-order valence-electron chi connectivity index (χ1n) is 38.8. The summed E-state index contributed by atoms with van der Waals surface area (Å²) in [5, 5.41) is -25.0. The van der Waals surface area contributed by atoms with Crippen molar-refractivity contribution in [2.75, 3.05) is 32.1 Å². The van der Waals surface area contributed by atoms with Gasteiger partial charge in [0, 0.05) is 31.4 Å². The number of benzene rings is 9. The van der Waals surface area contributed by atoms with Gasteiger partial charge in [0.1, 0.15) is 58.4 Å². The van der Waals surface area contributed by atoms with Crippen LogP contribution in [0.4, 0.5) is 134 Å². The van der Waals surface area contributed by atoms with Gasteiger partial charge in [-0.1, -0.05) is 200 Å². The van der Waals surface area contributed by atoms with Crippen LogP contribution in [0.3, 0.4) is 0 Å². The highest BCUT2D eigenvalue weighted by Gasteiger charge is 2.53. The highest BCUT2D eigenvalue weighted by atomic mass is 19.2. The number of hydrogen-bond donors (Lipinski definition) is 1. The Balaban J connectivity index is 0.000000314. The van der Waals surface area contributed by atoms with Crippen molar-refractivity contribution in [2.45, 2.75) is 219 Å². The molecule has 0 aromatic heterocycles. The van der Waals surface area contributed by atoms with Crippen molar-refractivity contribution in [1.82, 2.24) is 0 Å². The number of hydrogen-bond acceptors (Lipinski definition) is 1. The summed E-state index contributed by atoms with van der Waals surface area (Å²) in [7, 11) is 4.62. The van der Waals surface area contributed by atoms with Crippen LogP contribution >= 0.6 is 0 Å². The minimum Gasteiger partial charge on any atom is -0.375 e. The molecule has 1 unspecified atom stereocenters. The number of nitrogens with one attached hydrogen (secondary N) is 1. The number of unbranched alkanes of at least 4 members (excludes halogenated alkanes) is 30. The monoisotopic (exact) mass is 1660 g/mol. The first-order chi connectivity index (χ1) is 54.7. The van der Waals surface area contributed by atoms with Crippen molar-refractivity contribution in [2.24, 2.45) is 0 Å². The van der Waals surface area contributed by atoms with Crippen LogP contribution < -0.4 is 31.7 Å². The van der Waals surface area contributed by atoms with Gasteiger partial charge in [0.05, 0.1) is 56.7 Å². The van der Waals surface area contributed by atoms with Gasteiger partial charge in [-0.25, -0.2) is 123 Å². The van der Waals surface area contributed by atoms with Crippen LogP contribution in [0.25, 0.3) is 43.1 Å². The molecule has 0 aliphatic carbocycles. The highest BCUT2D eigenvalue weighted by Crippen LogP contribution is 2.42. The van der Waals surface area contributed by atoms with E-state index in [2.05, 4.69) is 57.1 Å². The van der Waals surface area contributed by atoms with Gasteiger partial charge < -0.3 is 9.80 Å². The second-order valence-corrected chi connectivity index (χ2v) is 29.4. The Kier molecular flexibility index (Phi) is 33.2. The first-order valence-corrected chi connectivity index (χ1v) is 38.8. The molecule has 115 heavy (non-hydrogen) atoms. The fraction of sp³-hybridized carbons (Fsp3) is 0.452. The maximum absolute atomic E-state index is 17.4. The van der Waals surface area contributed by atoms with E-state index in [1.807, 2.05) is 0 Å². The van der Waals surface area contributed by atoms with Crippen LogP contribution in [0.2, 0.25) is 0 Å². The van der Waals surface area contributed by atoms with Gasteiger partial charge in [0.2, 0.25) is 0 Å². The molecule has 0 bridgehead atoms. The maximum Gasteiger partial charge on any atom is 0.198 e. The molecule has 1 N–H and O–H groups in total. The van der Waals surface area contributed by atoms with Crippen molar-refractivity contribution in [3.05, 3.63) is 187 Å². The summed E-state index contributed by atoms with van der Waals surface area (Å²) in [5.74, 6) is -102. The topological polar surface area (TPSA) is 7.68 Å². The van der Waals surface area contributed by atoms with E-state index in [0.717, 1.165) is 0 Å².